The van der Waals surface area contributed by atoms with E-state index in [9.17, 15) is 0 Å². The third-order valence-electron chi connectivity index (χ3n) is 5.00. The Morgan fingerprint density at radius 3 is 1.68 bits per heavy atom. The zero-order valence-electron chi connectivity index (χ0n) is 15.2. The molecule has 0 heterocycles. The van der Waals surface area contributed by atoms with Crippen molar-refractivity contribution in [3.05, 3.63) is 30.3 Å². The van der Waals surface area contributed by atoms with Gasteiger partial charge in [-0.05, 0) is 0 Å². The molecule has 0 aliphatic heterocycles. The van der Waals surface area contributed by atoms with Gasteiger partial charge in [-0.15, -0.1) is 0 Å². The van der Waals surface area contributed by atoms with Gasteiger partial charge in [-0.2, -0.15) is 0 Å². The fourth-order valence-electron chi connectivity index (χ4n) is 3.40. The fourth-order valence-corrected chi connectivity index (χ4v) is 24.7. The maximum absolute atomic E-state index is 2.58. The first-order valence-electron chi connectivity index (χ1n) is 9.40. The maximum atomic E-state index is 2.58. The van der Waals surface area contributed by atoms with Crippen LogP contribution in [0.2, 0.25) is 13.3 Å². The molecule has 0 bridgehead atoms. The molecule has 1 aromatic rings. The van der Waals surface area contributed by atoms with Gasteiger partial charge in [-0.3, -0.25) is 0 Å². The molecule has 0 fully saturated rings. The van der Waals surface area contributed by atoms with Crippen LogP contribution in [-0.4, -0.2) is 21.6 Å². The summed E-state index contributed by atoms with van der Waals surface area (Å²) >= 11 is 0.137. The van der Waals surface area contributed by atoms with E-state index < -0.39 is 18.4 Å². The Kier molecular flexibility index (Phi) is 11.0. The number of benzene rings is 1. The van der Waals surface area contributed by atoms with Crippen molar-refractivity contribution in [2.45, 2.75) is 87.7 Å². The topological polar surface area (TPSA) is 0 Å². The van der Waals surface area contributed by atoms with Crippen LogP contribution in [0.25, 0.3) is 0 Å². The molecular formula is C20H36SSn. The summed E-state index contributed by atoms with van der Waals surface area (Å²) in [5, 5.41) is 0. The molecule has 1 rings (SSSR count). The van der Waals surface area contributed by atoms with Crippen molar-refractivity contribution in [3.8, 4) is 0 Å². The van der Waals surface area contributed by atoms with Gasteiger partial charge in [0.15, 0.2) is 0 Å². The molecule has 0 saturated carbocycles. The van der Waals surface area contributed by atoms with Crippen LogP contribution < -0.4 is 0 Å². The van der Waals surface area contributed by atoms with Crippen LogP contribution in [-0.2, 0) is 0 Å². The standard InChI is InChI=1S/C8H9S.3C4H9.Sn/c1-2-9-8-6-4-3-5-7-8;3*1-3-4-2;/h2-7H,1H3;3*1,3-4H2,2H3;. The fraction of sp³-hybridized carbons (Fsp3) is 0.700. The first-order chi connectivity index (χ1) is 10.7. The summed E-state index contributed by atoms with van der Waals surface area (Å²) in [5.41, 5.74) is 0. The van der Waals surface area contributed by atoms with E-state index in [1.165, 1.54) is 43.4 Å². The second-order valence-corrected chi connectivity index (χ2v) is 23.9. The molecule has 1 atom stereocenters. The summed E-state index contributed by atoms with van der Waals surface area (Å²) in [6, 6.07) is 11.1. The van der Waals surface area contributed by atoms with Crippen LogP contribution >= 0.6 is 11.8 Å². The van der Waals surface area contributed by atoms with Crippen molar-refractivity contribution in [2.75, 3.05) is 0 Å². The zero-order chi connectivity index (χ0) is 16.3. The summed E-state index contributed by atoms with van der Waals surface area (Å²) in [6.07, 6.45) is 8.55. The molecule has 2 heteroatoms. The van der Waals surface area contributed by atoms with Crippen molar-refractivity contribution >= 4 is 30.1 Å². The Balaban J connectivity index is 2.86. The van der Waals surface area contributed by atoms with Gasteiger partial charge in [0.05, 0.1) is 0 Å². The van der Waals surface area contributed by atoms with E-state index in [-0.39, 0.29) is 0 Å². The van der Waals surface area contributed by atoms with Crippen LogP contribution in [0.4, 0.5) is 0 Å². The molecule has 0 amide bonds. The molecular weight excluding hydrogens is 391 g/mol. The minimum absolute atomic E-state index is 0.918. The number of rotatable bonds is 12. The number of thioether (sulfide) groups is 1. The zero-order valence-corrected chi connectivity index (χ0v) is 18.9. The summed E-state index contributed by atoms with van der Waals surface area (Å²) in [4.78, 5) is 1.49. The SMILES string of the molecule is CCC[CH2][Sn]([CH2]CCC)([CH2]CCC)[CH](C)Sc1ccccc1. The van der Waals surface area contributed by atoms with Gasteiger partial charge < -0.3 is 0 Å². The second-order valence-electron chi connectivity index (χ2n) is 6.75. The van der Waals surface area contributed by atoms with Crippen LogP contribution in [0.15, 0.2) is 35.2 Å². The Labute approximate surface area is 147 Å². The Hall–Kier alpha value is 0.369. The molecule has 0 radical (unpaired) electrons. The number of hydrogen-bond donors (Lipinski definition) is 0. The molecule has 1 aromatic carbocycles. The molecule has 0 aliphatic rings. The Morgan fingerprint density at radius 2 is 1.27 bits per heavy atom. The van der Waals surface area contributed by atoms with Gasteiger partial charge in [0.25, 0.3) is 0 Å². The summed E-state index contributed by atoms with van der Waals surface area (Å²) in [6.45, 7) is 9.68. The van der Waals surface area contributed by atoms with E-state index in [0.29, 0.717) is 0 Å². The average molecular weight is 427 g/mol. The monoisotopic (exact) mass is 428 g/mol. The normalized spacial score (nSPS) is 13.3. The minimum atomic E-state index is -2.06. The van der Waals surface area contributed by atoms with Gasteiger partial charge in [0.2, 0.25) is 0 Å². The van der Waals surface area contributed by atoms with Gasteiger partial charge in [-0.1, -0.05) is 0 Å². The predicted molar refractivity (Wildman–Crippen MR) is 107 cm³/mol. The van der Waals surface area contributed by atoms with E-state index in [0.717, 1.165) is 3.27 Å². The predicted octanol–water partition coefficient (Wildman–Crippen LogP) is 7.56. The number of hydrogen-bond acceptors (Lipinski definition) is 1. The summed E-state index contributed by atoms with van der Waals surface area (Å²) in [7, 11) is 0. The van der Waals surface area contributed by atoms with Gasteiger partial charge in [-0.25, -0.2) is 0 Å². The third-order valence-corrected chi connectivity index (χ3v) is 26.7. The summed E-state index contributed by atoms with van der Waals surface area (Å²) in [5.74, 6) is 0. The van der Waals surface area contributed by atoms with Crippen molar-refractivity contribution in [2.24, 2.45) is 0 Å². The van der Waals surface area contributed by atoms with E-state index in [1.54, 1.807) is 13.3 Å². The first-order valence-corrected chi connectivity index (χ1v) is 18.0. The van der Waals surface area contributed by atoms with Gasteiger partial charge in [0.1, 0.15) is 0 Å². The average Bonchev–Trinajstić information content (AvgIpc) is 2.55. The quantitative estimate of drug-likeness (QED) is 0.245. The van der Waals surface area contributed by atoms with Crippen LogP contribution in [0, 0.1) is 0 Å². The van der Waals surface area contributed by atoms with Gasteiger partial charge in [0, 0.05) is 0 Å². The summed E-state index contributed by atoms with van der Waals surface area (Å²) < 4.78 is 5.77. The Morgan fingerprint density at radius 1 is 0.818 bits per heavy atom. The molecule has 1 unspecified atom stereocenters. The third kappa shape index (κ3) is 6.86. The van der Waals surface area contributed by atoms with Gasteiger partial charge >= 0.3 is 148 Å². The first kappa shape index (κ1) is 20.4. The van der Waals surface area contributed by atoms with Crippen molar-refractivity contribution in [1.29, 1.82) is 0 Å². The van der Waals surface area contributed by atoms with Crippen LogP contribution in [0.5, 0.6) is 0 Å². The molecule has 0 spiro atoms. The van der Waals surface area contributed by atoms with E-state index in [1.807, 2.05) is 0 Å². The van der Waals surface area contributed by atoms with E-state index in [2.05, 4.69) is 69.8 Å². The second kappa shape index (κ2) is 11.8. The molecule has 0 aliphatic carbocycles. The number of unbranched alkanes of at least 4 members (excludes halogenated alkanes) is 3. The molecule has 0 N–H and O–H groups in total. The molecule has 0 aromatic heterocycles. The van der Waals surface area contributed by atoms with E-state index >= 15 is 0 Å². The van der Waals surface area contributed by atoms with Crippen LogP contribution in [0.1, 0.15) is 66.2 Å². The Bertz CT molecular complexity index is 355. The van der Waals surface area contributed by atoms with Crippen molar-refractivity contribution in [1.82, 2.24) is 0 Å². The molecule has 126 valence electrons. The van der Waals surface area contributed by atoms with Crippen molar-refractivity contribution < 1.29 is 0 Å². The molecule has 22 heavy (non-hydrogen) atoms. The molecule has 0 nitrogen and oxygen atoms in total. The van der Waals surface area contributed by atoms with Crippen molar-refractivity contribution in [3.63, 3.8) is 0 Å². The van der Waals surface area contributed by atoms with E-state index in [4.69, 9.17) is 0 Å². The van der Waals surface area contributed by atoms with Crippen LogP contribution in [0.3, 0.4) is 0 Å². The molecule has 0 saturated heterocycles.